The first-order valence-corrected chi connectivity index (χ1v) is 8.34. The van der Waals surface area contributed by atoms with Crippen molar-refractivity contribution in [1.29, 1.82) is 0 Å². The minimum atomic E-state index is -4.86. The van der Waals surface area contributed by atoms with Crippen molar-refractivity contribution in [3.8, 4) is 22.7 Å². The van der Waals surface area contributed by atoms with Crippen LogP contribution in [0.3, 0.4) is 0 Å². The van der Waals surface area contributed by atoms with Crippen LogP contribution in [0.15, 0.2) is 64.0 Å². The highest BCUT2D eigenvalue weighted by molar-refractivity contribution is 6.11. The first-order valence-electron chi connectivity index (χ1n) is 8.34. The van der Waals surface area contributed by atoms with E-state index in [2.05, 4.69) is 9.97 Å². The van der Waals surface area contributed by atoms with Gasteiger partial charge in [0.2, 0.25) is 0 Å². The van der Waals surface area contributed by atoms with Gasteiger partial charge in [-0.25, -0.2) is 4.98 Å². The van der Waals surface area contributed by atoms with Gasteiger partial charge < -0.3 is 15.1 Å². The highest BCUT2D eigenvalue weighted by Gasteiger charge is 2.36. The minimum absolute atomic E-state index is 0.0681. The van der Waals surface area contributed by atoms with Gasteiger partial charge in [-0.15, -0.1) is 0 Å². The molecule has 2 aromatic carbocycles. The fourth-order valence-corrected chi connectivity index (χ4v) is 3.17. The molecule has 0 atom stereocenters. The van der Waals surface area contributed by atoms with Crippen molar-refractivity contribution in [1.82, 2.24) is 9.97 Å². The fraction of sp³-hybridized carbons (Fsp3) is 0.0500. The summed E-state index contributed by atoms with van der Waals surface area (Å²) in [5, 5.41) is -0.763. The van der Waals surface area contributed by atoms with E-state index < -0.39 is 34.1 Å². The number of halogens is 3. The van der Waals surface area contributed by atoms with E-state index in [-0.39, 0.29) is 22.7 Å². The molecule has 146 valence electrons. The number of primary amides is 1. The van der Waals surface area contributed by atoms with Crippen molar-refractivity contribution >= 4 is 16.8 Å². The van der Waals surface area contributed by atoms with Crippen molar-refractivity contribution in [3.05, 3.63) is 76.3 Å². The van der Waals surface area contributed by atoms with E-state index in [4.69, 9.17) is 10.2 Å². The number of carbonyl (C=O) groups is 1. The number of aromatic amines is 1. The smallest absolute Gasteiger partial charge is 0.417 e. The highest BCUT2D eigenvalue weighted by Crippen LogP contribution is 2.39. The SMILES string of the molecule is NC(=O)c1c(-c2ccccc2)cc(C(F)(F)F)c2c(=O)[nH]c(-c3ccco3)nc12. The number of fused-ring (bicyclic) bond motifs is 1. The van der Waals surface area contributed by atoms with Crippen LogP contribution in [-0.4, -0.2) is 15.9 Å². The second-order valence-corrected chi connectivity index (χ2v) is 6.19. The van der Waals surface area contributed by atoms with Crippen LogP contribution in [-0.2, 0) is 6.18 Å². The molecule has 1 amide bonds. The zero-order valence-corrected chi connectivity index (χ0v) is 14.6. The average Bonchev–Trinajstić information content (AvgIpc) is 3.21. The van der Waals surface area contributed by atoms with E-state index in [9.17, 15) is 22.8 Å². The summed E-state index contributed by atoms with van der Waals surface area (Å²) in [7, 11) is 0. The van der Waals surface area contributed by atoms with Crippen molar-refractivity contribution in [3.63, 3.8) is 0 Å². The summed E-state index contributed by atoms with van der Waals surface area (Å²) in [4.78, 5) is 31.2. The molecule has 0 bridgehead atoms. The van der Waals surface area contributed by atoms with Crippen LogP contribution in [0.5, 0.6) is 0 Å². The van der Waals surface area contributed by atoms with E-state index >= 15 is 0 Å². The Labute approximate surface area is 160 Å². The van der Waals surface area contributed by atoms with Crippen LogP contribution >= 0.6 is 0 Å². The maximum atomic E-state index is 13.8. The monoisotopic (exact) mass is 399 g/mol. The van der Waals surface area contributed by atoms with E-state index in [0.717, 1.165) is 6.07 Å². The van der Waals surface area contributed by atoms with Gasteiger partial charge in [-0.2, -0.15) is 13.2 Å². The molecule has 6 nitrogen and oxygen atoms in total. The van der Waals surface area contributed by atoms with Gasteiger partial charge in [0.25, 0.3) is 11.5 Å². The van der Waals surface area contributed by atoms with Crippen LogP contribution in [0, 0.1) is 0 Å². The molecule has 4 rings (SSSR count). The summed E-state index contributed by atoms with van der Waals surface area (Å²) in [6.45, 7) is 0. The van der Waals surface area contributed by atoms with E-state index in [0.29, 0.717) is 5.56 Å². The lowest BCUT2D eigenvalue weighted by Crippen LogP contribution is -2.21. The molecule has 0 fully saturated rings. The van der Waals surface area contributed by atoms with Gasteiger partial charge in [-0.05, 0) is 29.3 Å². The molecular formula is C20H12F3N3O3. The largest absolute Gasteiger partial charge is 0.461 e. The first kappa shape index (κ1) is 18.5. The Kier molecular flexibility index (Phi) is 4.22. The Morgan fingerprint density at radius 2 is 1.83 bits per heavy atom. The molecule has 29 heavy (non-hydrogen) atoms. The van der Waals surface area contributed by atoms with Gasteiger partial charge in [-0.1, -0.05) is 30.3 Å². The van der Waals surface area contributed by atoms with E-state index in [1.165, 1.54) is 30.5 Å². The van der Waals surface area contributed by atoms with E-state index in [1.807, 2.05) is 0 Å². The average molecular weight is 399 g/mol. The van der Waals surface area contributed by atoms with Crippen LogP contribution in [0.1, 0.15) is 15.9 Å². The molecule has 4 aromatic rings. The molecule has 0 spiro atoms. The zero-order valence-electron chi connectivity index (χ0n) is 14.6. The topological polar surface area (TPSA) is 102 Å². The third-order valence-electron chi connectivity index (χ3n) is 4.37. The van der Waals surface area contributed by atoms with Crippen LogP contribution in [0.25, 0.3) is 33.6 Å². The number of carbonyl (C=O) groups excluding carboxylic acids is 1. The molecule has 0 aliphatic rings. The lowest BCUT2D eigenvalue weighted by molar-refractivity contribution is -0.136. The predicted octanol–water partition coefficient (Wildman–Crippen LogP) is 3.97. The van der Waals surface area contributed by atoms with Crippen LogP contribution in [0.4, 0.5) is 13.2 Å². The Hall–Kier alpha value is -3.88. The molecule has 0 radical (unpaired) electrons. The summed E-state index contributed by atoms with van der Waals surface area (Å²) in [5.74, 6) is -1.00. The van der Waals surface area contributed by atoms with Crippen molar-refractivity contribution in [2.45, 2.75) is 6.18 Å². The number of nitrogens with one attached hydrogen (secondary N) is 1. The Balaban J connectivity index is 2.21. The number of nitrogens with two attached hydrogens (primary N) is 1. The summed E-state index contributed by atoms with van der Waals surface area (Å²) >= 11 is 0. The first-order chi connectivity index (χ1) is 13.8. The number of H-pyrrole nitrogens is 1. The standard InChI is InChI=1S/C20H12F3N3O3/c21-20(22,23)12-9-11(10-5-2-1-3-6-10)14(17(24)27)16-15(12)19(28)26-18(25-16)13-7-4-8-29-13/h1-9H,(H2,24,27)(H,25,26,28). The van der Waals surface area contributed by atoms with Crippen LogP contribution in [0.2, 0.25) is 0 Å². The van der Waals surface area contributed by atoms with Gasteiger partial charge in [0.05, 0.1) is 28.3 Å². The maximum Gasteiger partial charge on any atom is 0.417 e. The Morgan fingerprint density at radius 1 is 1.10 bits per heavy atom. The van der Waals surface area contributed by atoms with E-state index in [1.54, 1.807) is 18.2 Å². The van der Waals surface area contributed by atoms with Crippen molar-refractivity contribution in [2.24, 2.45) is 5.73 Å². The summed E-state index contributed by atoms with van der Waals surface area (Å²) in [6.07, 6.45) is -3.55. The zero-order chi connectivity index (χ0) is 20.8. The molecule has 9 heteroatoms. The fourth-order valence-electron chi connectivity index (χ4n) is 3.17. The number of alkyl halides is 3. The maximum absolute atomic E-state index is 13.8. The molecule has 0 saturated carbocycles. The van der Waals surface area contributed by atoms with Gasteiger partial charge in [0.15, 0.2) is 11.6 Å². The molecular weight excluding hydrogens is 387 g/mol. The van der Waals surface area contributed by atoms with Crippen molar-refractivity contribution in [2.75, 3.05) is 0 Å². The Morgan fingerprint density at radius 3 is 2.41 bits per heavy atom. The third kappa shape index (κ3) is 3.16. The summed E-state index contributed by atoms with van der Waals surface area (Å²) < 4.78 is 46.5. The van der Waals surface area contributed by atoms with Crippen molar-refractivity contribution < 1.29 is 22.4 Å². The highest BCUT2D eigenvalue weighted by atomic mass is 19.4. The van der Waals surface area contributed by atoms with Gasteiger partial charge in [0.1, 0.15) is 0 Å². The molecule has 2 aromatic heterocycles. The number of nitrogens with zero attached hydrogens (tertiary/aromatic N) is 1. The Bertz CT molecular complexity index is 1280. The van der Waals surface area contributed by atoms with Gasteiger partial charge >= 0.3 is 6.18 Å². The second-order valence-electron chi connectivity index (χ2n) is 6.19. The number of aromatic nitrogens is 2. The lowest BCUT2D eigenvalue weighted by Gasteiger charge is -2.16. The summed E-state index contributed by atoms with van der Waals surface area (Å²) in [5.41, 5.74) is 2.77. The second kappa shape index (κ2) is 6.62. The minimum Gasteiger partial charge on any atom is -0.461 e. The molecule has 0 aliphatic carbocycles. The molecule has 0 unspecified atom stereocenters. The third-order valence-corrected chi connectivity index (χ3v) is 4.37. The molecule has 0 aliphatic heterocycles. The number of benzene rings is 2. The number of rotatable bonds is 3. The quantitative estimate of drug-likeness (QED) is 0.544. The molecule has 3 N–H and O–H groups in total. The number of amides is 1. The predicted molar refractivity (Wildman–Crippen MR) is 99.0 cm³/mol. The molecule has 2 heterocycles. The lowest BCUT2D eigenvalue weighted by atomic mass is 9.93. The number of furan rings is 1. The number of hydrogen-bond donors (Lipinski definition) is 2. The van der Waals surface area contributed by atoms with Gasteiger partial charge in [-0.3, -0.25) is 9.59 Å². The van der Waals surface area contributed by atoms with Crippen LogP contribution < -0.4 is 11.3 Å². The van der Waals surface area contributed by atoms with Gasteiger partial charge in [0, 0.05) is 0 Å². The molecule has 0 saturated heterocycles. The summed E-state index contributed by atoms with van der Waals surface area (Å²) in [6, 6.07) is 11.7. The normalized spacial score (nSPS) is 11.7. The number of hydrogen-bond acceptors (Lipinski definition) is 4.